The molecule has 1 aromatic carbocycles. The first-order valence-corrected chi connectivity index (χ1v) is 7.88. The van der Waals surface area contributed by atoms with Crippen molar-refractivity contribution in [1.82, 2.24) is 9.80 Å². The van der Waals surface area contributed by atoms with Gasteiger partial charge in [-0.3, -0.25) is 14.6 Å². The summed E-state index contributed by atoms with van der Waals surface area (Å²) in [6, 6.07) is 5.50. The van der Waals surface area contributed by atoms with Crippen LogP contribution in [0.25, 0.3) is 0 Å². The lowest BCUT2D eigenvalue weighted by Gasteiger charge is -2.34. The molecule has 1 fully saturated rings. The fourth-order valence-electron chi connectivity index (χ4n) is 2.58. The lowest BCUT2D eigenvalue weighted by molar-refractivity contribution is -0.138. The van der Waals surface area contributed by atoms with Crippen LogP contribution in [0.2, 0.25) is 10.0 Å². The van der Waals surface area contributed by atoms with Crippen molar-refractivity contribution in [3.63, 3.8) is 0 Å². The summed E-state index contributed by atoms with van der Waals surface area (Å²) >= 11 is 12.4. The van der Waals surface area contributed by atoms with Crippen LogP contribution >= 0.6 is 23.2 Å². The number of nitrogens with zero attached hydrogens (tertiary/aromatic N) is 2. The number of carboxylic acid groups (broad SMARTS) is 1. The number of aliphatic carboxylic acids is 1. The van der Waals surface area contributed by atoms with Gasteiger partial charge in [-0.2, -0.15) is 0 Å². The van der Waals surface area contributed by atoms with Crippen molar-refractivity contribution in [3.8, 4) is 0 Å². The van der Waals surface area contributed by atoms with Crippen molar-refractivity contribution in [2.75, 3.05) is 39.8 Å². The molecule has 1 N–H and O–H groups in total. The zero-order valence-electron chi connectivity index (χ0n) is 12.5. The van der Waals surface area contributed by atoms with Gasteiger partial charge in [0.05, 0.1) is 19.3 Å². The number of halogens is 2. The van der Waals surface area contributed by atoms with E-state index in [9.17, 15) is 4.79 Å². The van der Waals surface area contributed by atoms with Crippen molar-refractivity contribution in [2.24, 2.45) is 0 Å². The Morgan fingerprint density at radius 2 is 2.14 bits per heavy atom. The number of hydrogen-bond donors (Lipinski definition) is 1. The molecule has 1 aromatic rings. The highest BCUT2D eigenvalue weighted by molar-refractivity contribution is 6.35. The molecule has 1 aliphatic heterocycles. The predicted octanol–water partition coefficient (Wildman–Crippen LogP) is 2.21. The maximum atomic E-state index is 10.7. The summed E-state index contributed by atoms with van der Waals surface area (Å²) < 4.78 is 5.72. The largest absolute Gasteiger partial charge is 0.480 e. The molecule has 7 heteroatoms. The molecular weight excluding hydrogens is 327 g/mol. The smallest absolute Gasteiger partial charge is 0.317 e. The van der Waals surface area contributed by atoms with E-state index in [1.807, 2.05) is 18.2 Å². The molecule has 1 heterocycles. The number of hydrogen-bond acceptors (Lipinski definition) is 4. The molecule has 0 aromatic heterocycles. The molecular formula is C15H20Cl2N2O3. The van der Waals surface area contributed by atoms with Crippen LogP contribution in [0, 0.1) is 0 Å². The number of carboxylic acids is 1. The molecule has 1 atom stereocenters. The second-order valence-electron chi connectivity index (χ2n) is 5.52. The van der Waals surface area contributed by atoms with Gasteiger partial charge in [0, 0.05) is 41.8 Å². The van der Waals surface area contributed by atoms with E-state index in [-0.39, 0.29) is 12.6 Å². The summed E-state index contributed by atoms with van der Waals surface area (Å²) in [5.41, 5.74) is 0.922. The van der Waals surface area contributed by atoms with E-state index in [0.29, 0.717) is 29.7 Å². The molecule has 122 valence electrons. The van der Waals surface area contributed by atoms with E-state index in [1.165, 1.54) is 0 Å². The number of ether oxygens (including phenoxy) is 1. The SMILES string of the molecule is CN(CC(=O)O)CC1CN(Cc2c(Cl)cccc2Cl)CCO1. The highest BCUT2D eigenvalue weighted by Gasteiger charge is 2.23. The summed E-state index contributed by atoms with van der Waals surface area (Å²) in [5.74, 6) is -0.835. The first kappa shape index (κ1) is 17.5. The predicted molar refractivity (Wildman–Crippen MR) is 86.6 cm³/mol. The van der Waals surface area contributed by atoms with Crippen LogP contribution < -0.4 is 0 Å². The molecule has 0 aliphatic carbocycles. The van der Waals surface area contributed by atoms with E-state index >= 15 is 0 Å². The standard InChI is InChI=1S/C15H20Cl2N2O3/c1-18(10-15(20)21)7-11-8-19(5-6-22-11)9-12-13(16)3-2-4-14(12)17/h2-4,11H,5-10H2,1H3,(H,20,21). The highest BCUT2D eigenvalue weighted by Crippen LogP contribution is 2.26. The van der Waals surface area contributed by atoms with Gasteiger partial charge in [-0.15, -0.1) is 0 Å². The topological polar surface area (TPSA) is 53.0 Å². The zero-order valence-corrected chi connectivity index (χ0v) is 14.0. The lowest BCUT2D eigenvalue weighted by atomic mass is 10.1. The summed E-state index contributed by atoms with van der Waals surface area (Å²) in [6.45, 7) is 3.41. The van der Waals surface area contributed by atoms with Crippen molar-refractivity contribution in [3.05, 3.63) is 33.8 Å². The number of likely N-dealkylation sites (N-methyl/N-ethyl adjacent to an activating group) is 1. The number of carbonyl (C=O) groups is 1. The maximum Gasteiger partial charge on any atom is 0.317 e. The Bertz CT molecular complexity index is 507. The average Bonchev–Trinajstić information content (AvgIpc) is 2.42. The Kier molecular flexibility index (Phi) is 6.47. The first-order chi connectivity index (χ1) is 10.5. The quantitative estimate of drug-likeness (QED) is 0.855. The van der Waals surface area contributed by atoms with Gasteiger partial charge >= 0.3 is 5.97 Å². The minimum Gasteiger partial charge on any atom is -0.480 e. The van der Waals surface area contributed by atoms with Gasteiger partial charge in [-0.05, 0) is 19.2 Å². The van der Waals surface area contributed by atoms with Crippen molar-refractivity contribution < 1.29 is 14.6 Å². The van der Waals surface area contributed by atoms with Crippen molar-refractivity contribution >= 4 is 29.2 Å². The van der Waals surface area contributed by atoms with E-state index in [1.54, 1.807) is 11.9 Å². The van der Waals surface area contributed by atoms with E-state index in [4.69, 9.17) is 33.0 Å². The number of morpholine rings is 1. The molecule has 0 saturated carbocycles. The molecule has 0 bridgehead atoms. The van der Waals surface area contributed by atoms with Crippen LogP contribution in [0.4, 0.5) is 0 Å². The molecule has 0 radical (unpaired) electrons. The summed E-state index contributed by atoms with van der Waals surface area (Å²) in [6.07, 6.45) is -0.0145. The minimum absolute atomic E-state index is 0.0101. The van der Waals surface area contributed by atoms with Gasteiger partial charge in [0.2, 0.25) is 0 Å². The van der Waals surface area contributed by atoms with Gasteiger partial charge in [0.25, 0.3) is 0 Å². The second kappa shape index (κ2) is 8.13. The van der Waals surface area contributed by atoms with Crippen LogP contribution in [-0.2, 0) is 16.1 Å². The summed E-state index contributed by atoms with van der Waals surface area (Å²) in [7, 11) is 1.78. The Morgan fingerprint density at radius 1 is 1.45 bits per heavy atom. The third-order valence-electron chi connectivity index (χ3n) is 3.59. The van der Waals surface area contributed by atoms with Gasteiger partial charge < -0.3 is 9.84 Å². The molecule has 0 amide bonds. The fourth-order valence-corrected chi connectivity index (χ4v) is 3.10. The molecule has 1 unspecified atom stereocenters. The Labute approximate surface area is 140 Å². The molecule has 0 spiro atoms. The maximum absolute atomic E-state index is 10.7. The van der Waals surface area contributed by atoms with Crippen molar-refractivity contribution in [2.45, 2.75) is 12.6 Å². The molecule has 1 aliphatic rings. The molecule has 5 nitrogen and oxygen atoms in total. The average molecular weight is 347 g/mol. The van der Waals surface area contributed by atoms with Crippen LogP contribution in [0.1, 0.15) is 5.56 Å². The van der Waals surface area contributed by atoms with Gasteiger partial charge in [-0.1, -0.05) is 29.3 Å². The van der Waals surface area contributed by atoms with E-state index in [2.05, 4.69) is 4.90 Å². The normalized spacial score (nSPS) is 19.5. The number of benzene rings is 1. The molecule has 1 saturated heterocycles. The van der Waals surface area contributed by atoms with Crippen molar-refractivity contribution in [1.29, 1.82) is 0 Å². The molecule has 22 heavy (non-hydrogen) atoms. The minimum atomic E-state index is -0.835. The van der Waals surface area contributed by atoms with Crippen LogP contribution in [0.3, 0.4) is 0 Å². The Balaban J connectivity index is 1.92. The third-order valence-corrected chi connectivity index (χ3v) is 4.30. The lowest BCUT2D eigenvalue weighted by Crippen LogP contribution is -2.47. The monoisotopic (exact) mass is 346 g/mol. The Hall–Kier alpha value is -0.850. The van der Waals surface area contributed by atoms with E-state index in [0.717, 1.165) is 18.7 Å². The first-order valence-electron chi connectivity index (χ1n) is 7.13. The van der Waals surface area contributed by atoms with Gasteiger partial charge in [0.15, 0.2) is 0 Å². The highest BCUT2D eigenvalue weighted by atomic mass is 35.5. The number of rotatable bonds is 6. The van der Waals surface area contributed by atoms with Gasteiger partial charge in [0.1, 0.15) is 0 Å². The zero-order chi connectivity index (χ0) is 16.1. The fraction of sp³-hybridized carbons (Fsp3) is 0.533. The molecule has 2 rings (SSSR count). The summed E-state index contributed by atoms with van der Waals surface area (Å²) in [5, 5.41) is 10.1. The van der Waals surface area contributed by atoms with Crippen LogP contribution in [0.15, 0.2) is 18.2 Å². The van der Waals surface area contributed by atoms with E-state index < -0.39 is 5.97 Å². The second-order valence-corrected chi connectivity index (χ2v) is 6.33. The third kappa shape index (κ3) is 5.11. The summed E-state index contributed by atoms with van der Waals surface area (Å²) in [4.78, 5) is 14.7. The Morgan fingerprint density at radius 3 is 2.77 bits per heavy atom. The van der Waals surface area contributed by atoms with Gasteiger partial charge in [-0.25, -0.2) is 0 Å². The van der Waals surface area contributed by atoms with Crippen LogP contribution in [-0.4, -0.2) is 66.8 Å². The van der Waals surface area contributed by atoms with Crippen LogP contribution in [0.5, 0.6) is 0 Å².